The van der Waals surface area contributed by atoms with E-state index in [4.69, 9.17) is 5.73 Å². The molecule has 1 aromatic carbocycles. The van der Waals surface area contributed by atoms with E-state index in [1.165, 1.54) is 12.5 Å². The number of rotatable bonds is 4. The minimum atomic E-state index is -3.45. The van der Waals surface area contributed by atoms with Gasteiger partial charge in [-0.3, -0.25) is 0 Å². The molecule has 0 aliphatic heterocycles. The highest BCUT2D eigenvalue weighted by Crippen LogP contribution is 2.30. The summed E-state index contributed by atoms with van der Waals surface area (Å²) in [5, 5.41) is 0. The van der Waals surface area contributed by atoms with Gasteiger partial charge in [0.2, 0.25) is 10.0 Å². The van der Waals surface area contributed by atoms with Gasteiger partial charge in [-0.05, 0) is 49.3 Å². The second-order valence-corrected chi connectivity index (χ2v) is 7.40. The van der Waals surface area contributed by atoms with Crippen LogP contribution in [-0.4, -0.2) is 15.0 Å². The fraction of sp³-hybridized carbons (Fsp3) is 0.571. The van der Waals surface area contributed by atoms with Gasteiger partial charge in [-0.25, -0.2) is 13.1 Å². The summed E-state index contributed by atoms with van der Waals surface area (Å²) in [5.74, 6) is 1.18. The lowest BCUT2D eigenvalue weighted by molar-refractivity contribution is 0.498. The van der Waals surface area contributed by atoms with E-state index >= 15 is 0 Å². The van der Waals surface area contributed by atoms with Gasteiger partial charge in [-0.2, -0.15) is 0 Å². The van der Waals surface area contributed by atoms with Crippen molar-refractivity contribution in [2.45, 2.75) is 38.0 Å². The van der Waals surface area contributed by atoms with Crippen LogP contribution in [0.1, 0.15) is 31.7 Å². The second-order valence-electron chi connectivity index (χ2n) is 5.66. The fourth-order valence-corrected chi connectivity index (χ4v) is 4.12. The first kappa shape index (κ1) is 14.3. The van der Waals surface area contributed by atoms with Crippen LogP contribution in [-0.2, 0) is 10.0 Å². The van der Waals surface area contributed by atoms with E-state index in [1.54, 1.807) is 19.1 Å². The number of nitrogen functional groups attached to an aromatic ring is 1. The van der Waals surface area contributed by atoms with Crippen LogP contribution in [0.5, 0.6) is 0 Å². The highest BCUT2D eigenvalue weighted by molar-refractivity contribution is 7.89. The van der Waals surface area contributed by atoms with Crippen molar-refractivity contribution in [3.8, 4) is 0 Å². The van der Waals surface area contributed by atoms with Crippen LogP contribution >= 0.6 is 0 Å². The predicted molar refractivity (Wildman–Crippen MR) is 77.3 cm³/mol. The maximum atomic E-state index is 12.3. The molecule has 0 bridgehead atoms. The molecule has 3 N–H and O–H groups in total. The summed E-state index contributed by atoms with van der Waals surface area (Å²) in [6, 6.07) is 4.98. The van der Waals surface area contributed by atoms with E-state index in [9.17, 15) is 8.42 Å². The third-order valence-electron chi connectivity index (χ3n) is 3.87. The van der Waals surface area contributed by atoms with Crippen molar-refractivity contribution in [2.24, 2.45) is 11.8 Å². The smallest absolute Gasteiger partial charge is 0.240 e. The van der Waals surface area contributed by atoms with Gasteiger partial charge in [0.25, 0.3) is 0 Å². The normalized spacial score (nSPS) is 23.7. The van der Waals surface area contributed by atoms with Crippen molar-refractivity contribution in [3.63, 3.8) is 0 Å². The minimum Gasteiger partial charge on any atom is -0.399 e. The summed E-state index contributed by atoms with van der Waals surface area (Å²) in [6.07, 6.45) is 3.42. The zero-order chi connectivity index (χ0) is 14.0. The lowest BCUT2D eigenvalue weighted by atomic mass is 10.1. The number of hydrogen-bond acceptors (Lipinski definition) is 3. The van der Waals surface area contributed by atoms with Crippen LogP contribution in [0.25, 0.3) is 0 Å². The first-order valence-corrected chi connectivity index (χ1v) is 8.22. The van der Waals surface area contributed by atoms with Gasteiger partial charge in [0.05, 0.1) is 4.90 Å². The number of nitrogens with two attached hydrogens (primary N) is 1. The second kappa shape index (κ2) is 5.51. The number of nitrogens with one attached hydrogen (secondary N) is 1. The van der Waals surface area contributed by atoms with Crippen molar-refractivity contribution in [1.82, 2.24) is 4.72 Å². The largest absolute Gasteiger partial charge is 0.399 e. The molecule has 1 fully saturated rings. The molecule has 0 radical (unpaired) electrons. The lowest BCUT2D eigenvalue weighted by Gasteiger charge is -2.13. The van der Waals surface area contributed by atoms with Crippen LogP contribution in [0.3, 0.4) is 0 Å². The third-order valence-corrected chi connectivity index (χ3v) is 5.43. The molecule has 5 heteroatoms. The van der Waals surface area contributed by atoms with Crippen molar-refractivity contribution in [3.05, 3.63) is 23.8 Å². The third kappa shape index (κ3) is 3.48. The summed E-state index contributed by atoms with van der Waals surface area (Å²) in [6.45, 7) is 4.53. The van der Waals surface area contributed by atoms with E-state index in [1.807, 2.05) is 0 Å². The molecule has 1 aliphatic carbocycles. The number of benzene rings is 1. The van der Waals surface area contributed by atoms with E-state index in [0.717, 1.165) is 18.4 Å². The topological polar surface area (TPSA) is 72.2 Å². The van der Waals surface area contributed by atoms with Gasteiger partial charge in [0, 0.05) is 12.2 Å². The van der Waals surface area contributed by atoms with Crippen molar-refractivity contribution >= 4 is 15.7 Å². The Morgan fingerprint density at radius 1 is 1.37 bits per heavy atom. The first-order chi connectivity index (χ1) is 8.88. The number of sulfonamides is 1. The van der Waals surface area contributed by atoms with E-state index in [0.29, 0.717) is 29.0 Å². The summed E-state index contributed by atoms with van der Waals surface area (Å²) < 4.78 is 27.3. The molecule has 2 atom stereocenters. The van der Waals surface area contributed by atoms with E-state index < -0.39 is 10.0 Å². The molecular weight excluding hydrogens is 260 g/mol. The molecule has 0 saturated heterocycles. The quantitative estimate of drug-likeness (QED) is 0.832. The average Bonchev–Trinajstić information content (AvgIpc) is 2.76. The van der Waals surface area contributed by atoms with Gasteiger partial charge in [-0.15, -0.1) is 0 Å². The molecule has 4 nitrogen and oxygen atoms in total. The highest BCUT2D eigenvalue weighted by atomic mass is 32.2. The van der Waals surface area contributed by atoms with E-state index in [2.05, 4.69) is 11.6 Å². The standard InChI is InChI=1S/C14H22N2O2S/c1-10-3-5-12(7-10)9-16-19(17,18)14-8-13(15)6-4-11(14)2/h4,6,8,10,12,16H,3,5,7,9,15H2,1-2H3. The molecule has 1 saturated carbocycles. The van der Waals surface area contributed by atoms with Crippen molar-refractivity contribution in [1.29, 1.82) is 0 Å². The molecule has 1 aliphatic rings. The number of hydrogen-bond donors (Lipinski definition) is 2. The van der Waals surface area contributed by atoms with Gasteiger partial charge in [0.15, 0.2) is 0 Å². The van der Waals surface area contributed by atoms with Crippen LogP contribution in [0.4, 0.5) is 5.69 Å². The molecule has 0 heterocycles. The molecule has 0 aromatic heterocycles. The zero-order valence-electron chi connectivity index (χ0n) is 11.5. The SMILES string of the molecule is Cc1ccc(N)cc1S(=O)(=O)NCC1CCC(C)C1. The summed E-state index contributed by atoms with van der Waals surface area (Å²) in [4.78, 5) is 0.290. The fourth-order valence-electron chi connectivity index (χ4n) is 2.72. The van der Waals surface area contributed by atoms with Crippen molar-refractivity contribution < 1.29 is 8.42 Å². The molecule has 19 heavy (non-hydrogen) atoms. The number of anilines is 1. The number of aryl methyl sites for hydroxylation is 1. The molecular formula is C14H22N2O2S. The summed E-state index contributed by atoms with van der Waals surface area (Å²) in [7, 11) is -3.45. The molecule has 1 aromatic rings. The summed E-state index contributed by atoms with van der Waals surface area (Å²) in [5.41, 5.74) is 6.86. The Hall–Kier alpha value is -1.07. The van der Waals surface area contributed by atoms with Crippen LogP contribution in [0.15, 0.2) is 23.1 Å². The molecule has 0 spiro atoms. The Labute approximate surface area is 115 Å². The Kier molecular flexibility index (Phi) is 4.16. The van der Waals surface area contributed by atoms with Crippen LogP contribution < -0.4 is 10.5 Å². The van der Waals surface area contributed by atoms with Gasteiger partial charge >= 0.3 is 0 Å². The minimum absolute atomic E-state index is 0.290. The highest BCUT2D eigenvalue weighted by Gasteiger charge is 2.24. The Morgan fingerprint density at radius 3 is 2.74 bits per heavy atom. The summed E-state index contributed by atoms with van der Waals surface area (Å²) >= 11 is 0. The Balaban J connectivity index is 2.08. The molecule has 0 amide bonds. The van der Waals surface area contributed by atoms with Crippen LogP contribution in [0.2, 0.25) is 0 Å². The Morgan fingerprint density at radius 2 is 2.11 bits per heavy atom. The molecule has 106 valence electrons. The maximum Gasteiger partial charge on any atom is 0.240 e. The van der Waals surface area contributed by atoms with Gasteiger partial charge in [-0.1, -0.05) is 19.4 Å². The van der Waals surface area contributed by atoms with Gasteiger partial charge in [0.1, 0.15) is 0 Å². The molecule has 2 rings (SSSR count). The van der Waals surface area contributed by atoms with Crippen LogP contribution in [0, 0.1) is 18.8 Å². The Bertz CT molecular complexity index is 555. The predicted octanol–water partition coefficient (Wildman–Crippen LogP) is 2.29. The first-order valence-electron chi connectivity index (χ1n) is 6.74. The monoisotopic (exact) mass is 282 g/mol. The maximum absolute atomic E-state index is 12.3. The zero-order valence-corrected chi connectivity index (χ0v) is 12.3. The van der Waals surface area contributed by atoms with E-state index in [-0.39, 0.29) is 0 Å². The molecule has 2 unspecified atom stereocenters. The lowest BCUT2D eigenvalue weighted by Crippen LogP contribution is -2.29. The van der Waals surface area contributed by atoms with Gasteiger partial charge < -0.3 is 5.73 Å². The van der Waals surface area contributed by atoms with Crippen molar-refractivity contribution in [2.75, 3.05) is 12.3 Å². The average molecular weight is 282 g/mol.